The van der Waals surface area contributed by atoms with Gasteiger partial charge in [-0.25, -0.2) is 8.42 Å². The Balaban J connectivity index is 2.23. The molecule has 0 aliphatic carbocycles. The van der Waals surface area contributed by atoms with Crippen LogP contribution < -0.4 is 10.6 Å². The third-order valence-electron chi connectivity index (χ3n) is 3.28. The van der Waals surface area contributed by atoms with Crippen LogP contribution in [0.15, 0.2) is 46.2 Å². The van der Waals surface area contributed by atoms with Gasteiger partial charge in [-0.15, -0.1) is 11.3 Å². The van der Waals surface area contributed by atoms with Gasteiger partial charge >= 0.3 is 11.8 Å². The molecule has 7 nitrogen and oxygen atoms in total. The summed E-state index contributed by atoms with van der Waals surface area (Å²) in [5, 5.41) is 5.50. The van der Waals surface area contributed by atoms with Crippen LogP contribution in [0.4, 0.5) is 0 Å². The van der Waals surface area contributed by atoms with E-state index in [4.69, 9.17) is 0 Å². The zero-order chi connectivity index (χ0) is 18.4. The Hall–Kier alpha value is -2.26. The lowest BCUT2D eigenvalue weighted by atomic mass is 10.2. The van der Waals surface area contributed by atoms with Crippen LogP contribution in [0.1, 0.15) is 24.7 Å². The quantitative estimate of drug-likeness (QED) is 0.734. The van der Waals surface area contributed by atoms with E-state index in [1.807, 2.05) is 0 Å². The Morgan fingerprint density at radius 2 is 1.96 bits per heavy atom. The van der Waals surface area contributed by atoms with E-state index in [9.17, 15) is 18.0 Å². The first kappa shape index (κ1) is 19.1. The predicted octanol–water partition coefficient (Wildman–Crippen LogP) is 1.30. The number of hydrogen-bond donors (Lipinski definition) is 2. The highest BCUT2D eigenvalue weighted by Gasteiger charge is 2.31. The minimum Gasteiger partial charge on any atom is -0.346 e. The number of sulfone groups is 1. The number of hydrogen-bond acceptors (Lipinski definition) is 6. The molecule has 0 saturated heterocycles. The number of pyridine rings is 1. The molecule has 0 aromatic carbocycles. The molecule has 0 aliphatic heterocycles. The van der Waals surface area contributed by atoms with Gasteiger partial charge in [0.15, 0.2) is 9.84 Å². The van der Waals surface area contributed by atoms with Gasteiger partial charge in [0.05, 0.1) is 0 Å². The van der Waals surface area contributed by atoms with Gasteiger partial charge in [0.25, 0.3) is 0 Å². The second-order valence-corrected chi connectivity index (χ2v) is 8.90. The summed E-state index contributed by atoms with van der Waals surface area (Å²) in [6.07, 6.45) is 2.98. The molecule has 134 valence electrons. The van der Waals surface area contributed by atoms with Crippen molar-refractivity contribution in [1.82, 2.24) is 15.6 Å². The first-order valence-corrected chi connectivity index (χ1v) is 10.0. The standard InChI is InChI=1S/C16H19N3O4S2/c1-11(2)19-16(21)15(20)18-10-13(12-5-3-7-17-9-12)25(22,23)14-6-4-8-24-14/h3-9,11,13H,10H2,1-2H3,(H,18,20)(H,19,21)/t13-/m0/s1. The molecular formula is C16H19N3O4S2. The summed E-state index contributed by atoms with van der Waals surface area (Å²) >= 11 is 1.10. The molecule has 0 bridgehead atoms. The number of rotatable bonds is 6. The number of amides is 2. The van der Waals surface area contributed by atoms with Crippen molar-refractivity contribution in [3.63, 3.8) is 0 Å². The maximum atomic E-state index is 12.9. The van der Waals surface area contributed by atoms with Gasteiger partial charge in [0.1, 0.15) is 9.46 Å². The number of nitrogens with zero attached hydrogens (tertiary/aromatic N) is 1. The van der Waals surface area contributed by atoms with Crippen LogP contribution in [-0.4, -0.2) is 37.8 Å². The van der Waals surface area contributed by atoms with Crippen molar-refractivity contribution < 1.29 is 18.0 Å². The number of carbonyl (C=O) groups is 2. The van der Waals surface area contributed by atoms with Crippen LogP contribution >= 0.6 is 11.3 Å². The Morgan fingerprint density at radius 1 is 1.20 bits per heavy atom. The minimum atomic E-state index is -3.72. The zero-order valence-corrected chi connectivity index (χ0v) is 15.4. The van der Waals surface area contributed by atoms with E-state index in [0.717, 1.165) is 11.3 Å². The molecule has 9 heteroatoms. The first-order valence-electron chi connectivity index (χ1n) is 7.58. The van der Waals surface area contributed by atoms with E-state index < -0.39 is 26.9 Å². The molecule has 0 aliphatic rings. The molecule has 0 fully saturated rings. The van der Waals surface area contributed by atoms with Crippen LogP contribution in [0.25, 0.3) is 0 Å². The van der Waals surface area contributed by atoms with Crippen LogP contribution in [0, 0.1) is 0 Å². The van der Waals surface area contributed by atoms with E-state index in [1.54, 1.807) is 37.4 Å². The molecule has 2 aromatic heterocycles. The number of aromatic nitrogens is 1. The summed E-state index contributed by atoms with van der Waals surface area (Å²) in [7, 11) is -3.72. The Kier molecular flexibility index (Phi) is 6.27. The number of thiophene rings is 1. The summed E-state index contributed by atoms with van der Waals surface area (Å²) in [5.74, 6) is -1.67. The van der Waals surface area contributed by atoms with Crippen molar-refractivity contribution in [2.24, 2.45) is 0 Å². The van der Waals surface area contributed by atoms with Gasteiger partial charge in [-0.2, -0.15) is 0 Å². The normalized spacial score (nSPS) is 12.6. The molecule has 2 amide bonds. The van der Waals surface area contributed by atoms with Crippen LogP contribution in [0.3, 0.4) is 0 Å². The van der Waals surface area contributed by atoms with Gasteiger partial charge < -0.3 is 10.6 Å². The summed E-state index contributed by atoms with van der Waals surface area (Å²) in [6, 6.07) is 6.22. The highest BCUT2D eigenvalue weighted by molar-refractivity contribution is 7.93. The van der Waals surface area contributed by atoms with E-state index in [0.29, 0.717) is 5.56 Å². The number of nitrogens with one attached hydrogen (secondary N) is 2. The second-order valence-electron chi connectivity index (χ2n) is 5.59. The molecule has 0 unspecified atom stereocenters. The van der Waals surface area contributed by atoms with Gasteiger partial charge in [0, 0.05) is 25.0 Å². The van der Waals surface area contributed by atoms with Crippen LogP contribution in [0.5, 0.6) is 0 Å². The molecule has 2 aromatic rings. The largest absolute Gasteiger partial charge is 0.346 e. The average molecular weight is 381 g/mol. The van der Waals surface area contributed by atoms with Crippen LogP contribution in [0.2, 0.25) is 0 Å². The topological polar surface area (TPSA) is 105 Å². The van der Waals surface area contributed by atoms with Gasteiger partial charge in [-0.1, -0.05) is 12.1 Å². The summed E-state index contributed by atoms with van der Waals surface area (Å²) in [5.41, 5.74) is 0.445. The van der Waals surface area contributed by atoms with Gasteiger partial charge in [-0.3, -0.25) is 14.6 Å². The average Bonchev–Trinajstić information content (AvgIpc) is 3.10. The van der Waals surface area contributed by atoms with Crippen molar-refractivity contribution in [2.75, 3.05) is 6.54 Å². The smallest absolute Gasteiger partial charge is 0.309 e. The van der Waals surface area contributed by atoms with Crippen molar-refractivity contribution in [1.29, 1.82) is 0 Å². The van der Waals surface area contributed by atoms with E-state index in [-0.39, 0.29) is 16.8 Å². The molecule has 2 rings (SSSR count). The van der Waals surface area contributed by atoms with Crippen LogP contribution in [-0.2, 0) is 19.4 Å². The molecular weight excluding hydrogens is 362 g/mol. The Morgan fingerprint density at radius 3 is 2.52 bits per heavy atom. The Bertz CT molecular complexity index is 818. The third-order valence-corrected chi connectivity index (χ3v) is 6.81. The molecule has 0 radical (unpaired) electrons. The molecule has 25 heavy (non-hydrogen) atoms. The lowest BCUT2D eigenvalue weighted by molar-refractivity contribution is -0.139. The minimum absolute atomic E-state index is 0.192. The maximum absolute atomic E-state index is 12.9. The fourth-order valence-corrected chi connectivity index (χ4v) is 4.98. The highest BCUT2D eigenvalue weighted by Crippen LogP contribution is 2.30. The summed E-state index contributed by atoms with van der Waals surface area (Å²) < 4.78 is 26.0. The maximum Gasteiger partial charge on any atom is 0.309 e. The zero-order valence-electron chi connectivity index (χ0n) is 13.8. The van der Waals surface area contributed by atoms with Crippen molar-refractivity contribution in [3.8, 4) is 0 Å². The molecule has 0 saturated carbocycles. The lowest BCUT2D eigenvalue weighted by Gasteiger charge is -2.18. The van der Waals surface area contributed by atoms with Gasteiger partial charge in [0.2, 0.25) is 0 Å². The third kappa shape index (κ3) is 4.86. The van der Waals surface area contributed by atoms with Gasteiger partial charge in [-0.05, 0) is 36.9 Å². The Labute approximate surface area is 150 Å². The molecule has 1 atom stereocenters. The van der Waals surface area contributed by atoms with Crippen molar-refractivity contribution in [2.45, 2.75) is 29.3 Å². The predicted molar refractivity (Wildman–Crippen MR) is 94.8 cm³/mol. The summed E-state index contributed by atoms with van der Waals surface area (Å²) in [4.78, 5) is 27.5. The lowest BCUT2D eigenvalue weighted by Crippen LogP contribution is -2.44. The molecule has 0 spiro atoms. The fourth-order valence-electron chi connectivity index (χ4n) is 2.13. The fraction of sp³-hybridized carbons (Fsp3) is 0.312. The molecule has 2 N–H and O–H groups in total. The summed E-state index contributed by atoms with van der Waals surface area (Å²) in [6.45, 7) is 3.23. The highest BCUT2D eigenvalue weighted by atomic mass is 32.2. The monoisotopic (exact) mass is 381 g/mol. The van der Waals surface area contributed by atoms with E-state index in [1.165, 1.54) is 18.5 Å². The SMILES string of the molecule is CC(C)NC(=O)C(=O)NC[C@@H](c1cccnc1)S(=O)(=O)c1cccs1. The number of carbonyl (C=O) groups excluding carboxylic acids is 2. The van der Waals surface area contributed by atoms with Crippen molar-refractivity contribution >= 4 is 33.0 Å². The first-order chi connectivity index (χ1) is 11.8. The second kappa shape index (κ2) is 8.21. The molecule has 2 heterocycles. The van der Waals surface area contributed by atoms with E-state index >= 15 is 0 Å². The van der Waals surface area contributed by atoms with Crippen molar-refractivity contribution in [3.05, 3.63) is 47.6 Å². The van der Waals surface area contributed by atoms with E-state index in [2.05, 4.69) is 15.6 Å².